The number of carboxylic acid groups (broad SMARTS) is 1. The first-order chi connectivity index (χ1) is 34.8. The molecule has 3 unspecified atom stereocenters. The molecule has 79 heavy (non-hydrogen) atoms. The minimum absolute atomic E-state index is 0. The summed E-state index contributed by atoms with van der Waals surface area (Å²) in [5.41, 5.74) is 0.913. The van der Waals surface area contributed by atoms with Gasteiger partial charge in [-0.15, -0.1) is 0 Å². The van der Waals surface area contributed by atoms with E-state index in [1.54, 1.807) is 0 Å². The van der Waals surface area contributed by atoms with Crippen LogP contribution in [0.4, 0.5) is 5.69 Å². The molecule has 406 valence electrons. The van der Waals surface area contributed by atoms with Gasteiger partial charge in [0.05, 0.1) is 29.5 Å². The molecule has 3 aromatic rings. The number of benzene rings is 3. The zero-order valence-electron chi connectivity index (χ0n) is 41.7. The number of aliphatic hydroxyl groups is 1. The molecule has 3 aliphatic rings. The van der Waals surface area contributed by atoms with Crippen molar-refractivity contribution in [2.45, 2.75) is 60.3 Å². The van der Waals surface area contributed by atoms with Crippen LogP contribution in [-0.2, 0) is 56.6 Å². The van der Waals surface area contributed by atoms with Gasteiger partial charge in [0.25, 0.3) is 34.9 Å². The fraction of sp³-hybridized carbons (Fsp3) is 0.282. The van der Waals surface area contributed by atoms with Gasteiger partial charge in [-0.3, -0.25) is 43.0 Å². The number of aromatic amines is 1. The van der Waals surface area contributed by atoms with Gasteiger partial charge in [0.2, 0.25) is 11.3 Å². The van der Waals surface area contributed by atoms with Crippen LogP contribution in [0.2, 0.25) is 0 Å². The Balaban J connectivity index is 0.00000533. The zero-order valence-corrected chi connectivity index (χ0v) is 46.1. The molecule has 0 saturated carbocycles. The van der Waals surface area contributed by atoms with Crippen molar-refractivity contribution < 1.29 is 187 Å². The summed E-state index contributed by atoms with van der Waals surface area (Å²) in [6.07, 6.45) is -0.115. The summed E-state index contributed by atoms with van der Waals surface area (Å²) < 4.78 is 131. The van der Waals surface area contributed by atoms with Gasteiger partial charge in [0.15, 0.2) is 16.2 Å². The summed E-state index contributed by atoms with van der Waals surface area (Å²) in [7, 11) is -29.0. The number of carbonyl (C=O) groups is 3. The van der Waals surface area contributed by atoms with E-state index in [0.717, 1.165) is 35.0 Å². The van der Waals surface area contributed by atoms with Crippen molar-refractivity contribution in [3.63, 3.8) is 0 Å². The molecule has 0 radical (unpaired) electrons. The second kappa shape index (κ2) is 28.5. The third-order valence-corrected chi connectivity index (χ3v) is 16.2. The molecule has 2 amide bonds. The number of nitrogens with two attached hydrogens (primary N) is 2. The smallest absolute Gasteiger partial charge is 0.756 e. The number of amides is 2. The molecule has 40 heteroatoms. The van der Waals surface area contributed by atoms with E-state index >= 15 is 0 Å². The van der Waals surface area contributed by atoms with Crippen LogP contribution < -0.4 is 129 Å². The van der Waals surface area contributed by atoms with Crippen molar-refractivity contribution in [2.24, 2.45) is 0 Å². The van der Waals surface area contributed by atoms with Gasteiger partial charge in [-0.2, -0.15) is 0 Å². The summed E-state index contributed by atoms with van der Waals surface area (Å²) in [5.74, 6) is -3.57. The number of aliphatic hydroxyl groups excluding tert-OH is 1. The first-order valence-electron chi connectivity index (χ1n) is 21.1. The van der Waals surface area contributed by atoms with Gasteiger partial charge in [0.1, 0.15) is 37.5 Å². The first kappa shape index (κ1) is 71.4. The van der Waals surface area contributed by atoms with Gasteiger partial charge in [0, 0.05) is 60.3 Å². The van der Waals surface area contributed by atoms with Crippen LogP contribution in [0.25, 0.3) is 39.5 Å². The average Bonchev–Trinajstić information content (AvgIpc) is 3.65. The number of aromatic nitrogens is 2. The Bertz CT molecular complexity index is 3690. The molecular weight excluding hydrogens is 1140 g/mol. The van der Waals surface area contributed by atoms with Crippen LogP contribution >= 0.6 is 23.5 Å². The molecule has 0 bridgehead atoms. The summed E-state index contributed by atoms with van der Waals surface area (Å²) in [4.78, 5) is 106. The monoisotopic (exact) mass is 1180 g/mol. The summed E-state index contributed by atoms with van der Waals surface area (Å²) in [6, 6.07) is 7.72. The molecule has 6 atom stereocenters. The molecule has 2 aliphatic heterocycles. The quantitative estimate of drug-likeness (QED) is 0.00796. The summed E-state index contributed by atoms with van der Waals surface area (Å²) in [5, 5.41) is 30.8. The van der Waals surface area contributed by atoms with Crippen LogP contribution in [0.5, 0.6) is 0 Å². The molecule has 2 aromatic carbocycles. The number of carboxylic acids is 1. The van der Waals surface area contributed by atoms with Crippen molar-refractivity contribution in [2.75, 3.05) is 25.4 Å². The van der Waals surface area contributed by atoms with Gasteiger partial charge in [-0.1, -0.05) is 24.6 Å². The van der Waals surface area contributed by atoms with E-state index in [2.05, 4.69) is 23.8 Å². The molecule has 0 spiro atoms. The minimum atomic E-state index is -6.20. The number of nitrogens with one attached hydrogen (secondary N) is 3. The van der Waals surface area contributed by atoms with Crippen molar-refractivity contribution in [3.8, 4) is 22.5 Å². The Morgan fingerprint density at radius 2 is 1.54 bits per heavy atom. The topological polar surface area (TPSA) is 527 Å². The maximum Gasteiger partial charge on any atom is 1.00 e. The molecule has 3 heterocycles. The number of H-pyrrole nitrogens is 1. The molecule has 1 aliphatic carbocycles. The normalized spacial score (nSPS) is 17.7. The van der Waals surface area contributed by atoms with E-state index in [0.29, 0.717) is 19.3 Å². The molecule has 31 nitrogen and oxygen atoms in total. The van der Waals surface area contributed by atoms with E-state index in [1.807, 2.05) is 4.98 Å². The largest absolute Gasteiger partial charge is 1.00 e. The van der Waals surface area contributed by atoms with Crippen molar-refractivity contribution in [1.82, 2.24) is 20.2 Å². The molecule has 6 rings (SSSR count). The first-order valence-corrected chi connectivity index (χ1v) is 28.3. The minimum Gasteiger partial charge on any atom is -0.756 e. The molecular formula is C39H39Li4N6O25P3S2. The number of carbonyl (C=O) groups excluding carboxylic acids is 2. The van der Waals surface area contributed by atoms with E-state index < -0.39 is 136 Å². The number of ether oxygens (including phenoxy) is 1. The Morgan fingerprint density at radius 3 is 2.16 bits per heavy atom. The molecule has 1 saturated heterocycles. The number of hydrogen-bond acceptors (Lipinski definition) is 24. The number of rotatable bonds is 22. The average molecular weight is 1180 g/mol. The zero-order chi connectivity index (χ0) is 55.6. The van der Waals surface area contributed by atoms with E-state index in [4.69, 9.17) is 25.2 Å². The number of aromatic carboxylic acids is 1. The van der Waals surface area contributed by atoms with Crippen LogP contribution in [0.15, 0.2) is 78.5 Å². The van der Waals surface area contributed by atoms with E-state index in [-0.39, 0.29) is 135 Å². The van der Waals surface area contributed by atoms with Crippen molar-refractivity contribution in [1.29, 1.82) is 0 Å². The number of nitrogen functional groups attached to an aromatic ring is 1. The molecule has 1 aromatic heterocycles. The Hall–Kier alpha value is -3.70. The predicted molar refractivity (Wildman–Crippen MR) is 242 cm³/mol. The number of unbranched alkanes of at least 4 members (excludes halogenated alkanes) is 2. The van der Waals surface area contributed by atoms with Gasteiger partial charge in [-0.25, -0.2) is 35.0 Å². The summed E-state index contributed by atoms with van der Waals surface area (Å²) >= 11 is 0. The third kappa shape index (κ3) is 18.4. The predicted octanol–water partition coefficient (Wildman–Crippen LogP) is -15.0. The molecule has 1 fully saturated rings. The standard InChI is InChI=1S/C39H43N6O25P3S2.4Li/c40-25-11-9-22-31(23-10-12-26(41)35(75(63,64)65)33(23)68-32(22)34(25)74(60,61)62)21-8-7-19(15-24(21)38(50)51)36(48)43-13-3-1-2-6-29(47)42-14-4-5-20-17-45(39(52)44-37(20)49)30-16-27(46)28(67-30)18-66-72(56,57)70-73(58,59)69-71(53,54)55;;;;/h4-5,7-12,15,17,27-28,30,40,46H,1-3,6,13-14,16,18,41H2,(H,42,47)(H,43,48)(H,50,51)(H,56,57)(H,58,59)(H,44,49,52)(H2,53,54,55)(H,60,61,62)(H,63,64,65);;;;/q;4*+1/p-4/b5-4+,40-25?;;;;/t27-,28+,30+;;;;/m0..../s1. The van der Waals surface area contributed by atoms with Crippen molar-refractivity contribution >= 4 is 84.2 Å². The number of phosphoric ester groups is 1. The van der Waals surface area contributed by atoms with Gasteiger partial charge < -0.3 is 68.9 Å². The van der Waals surface area contributed by atoms with Crippen LogP contribution in [0.3, 0.4) is 0 Å². The maximum absolute atomic E-state index is 13.2. The van der Waals surface area contributed by atoms with Crippen molar-refractivity contribution in [3.05, 3.63) is 97.6 Å². The Kier molecular flexibility index (Phi) is 25.8. The second-order valence-electron chi connectivity index (χ2n) is 16.0. The number of anilines is 1. The second-order valence-corrected chi connectivity index (χ2v) is 22.9. The van der Waals surface area contributed by atoms with E-state index in [1.165, 1.54) is 30.4 Å². The SMILES string of the molecule is Nc1ccc2c(-c3ccc(C(=O)NCCCCCC(=O)NC/C=C/c4cn([C@H]5C[C@H](O)[C@@H](COP(=O)([O-])OP(=O)([O-])OP(=O)([O-])O)O5)c(=O)[nH]c4=O)cc3C(=O)O)c3ccc(=[NH2+])c(S(=O)(=O)[O-])c-3oc2c1S(=O)(=O)[O-].[Li+].[Li+].[Li+].[Li+]. The number of nitrogens with zero attached hydrogens (tertiary/aromatic N) is 1. The summed E-state index contributed by atoms with van der Waals surface area (Å²) in [6.45, 7) is -1.17. The van der Waals surface area contributed by atoms with Crippen LogP contribution in [0, 0.1) is 0 Å². The Morgan fingerprint density at radius 1 is 0.899 bits per heavy atom. The van der Waals surface area contributed by atoms with Crippen LogP contribution in [-0.4, -0.2) is 100 Å². The number of phosphoric acid groups is 3. The number of fused-ring (bicyclic) bond motifs is 2. The van der Waals surface area contributed by atoms with Gasteiger partial charge >= 0.3 is 87.1 Å². The van der Waals surface area contributed by atoms with E-state index in [9.17, 15) is 88.5 Å². The third-order valence-electron chi connectivity index (χ3n) is 10.7. The fourth-order valence-corrected chi connectivity index (χ4v) is 11.9. The maximum atomic E-state index is 13.2. The fourth-order valence-electron chi connectivity index (χ4n) is 7.55. The number of hydrogen-bond donors (Lipinski definition) is 8. The van der Waals surface area contributed by atoms with Crippen LogP contribution in [0.1, 0.15) is 64.6 Å². The van der Waals surface area contributed by atoms with Gasteiger partial charge in [-0.05, 0) is 48.7 Å². The Labute approximate surface area is 493 Å². The molecule has 10 N–H and O–H groups in total.